The Morgan fingerprint density at radius 2 is 2.17 bits per heavy atom. The summed E-state index contributed by atoms with van der Waals surface area (Å²) in [5.41, 5.74) is 0.0997. The highest BCUT2D eigenvalue weighted by molar-refractivity contribution is 6.33. The van der Waals surface area contributed by atoms with Crippen LogP contribution in [0.5, 0.6) is 0 Å². The monoisotopic (exact) mass is 267 g/mol. The van der Waals surface area contributed by atoms with Crippen molar-refractivity contribution in [2.45, 2.75) is 32.2 Å². The van der Waals surface area contributed by atoms with Crippen molar-refractivity contribution < 1.29 is 9.53 Å². The molecule has 0 saturated heterocycles. The quantitative estimate of drug-likeness (QED) is 0.830. The fourth-order valence-corrected chi connectivity index (χ4v) is 2.29. The van der Waals surface area contributed by atoms with E-state index in [-0.39, 0.29) is 5.97 Å². The largest absolute Gasteiger partial charge is 0.464 e. The molecule has 0 spiro atoms. The molecule has 3 nitrogen and oxygen atoms in total. The fraction of sp³-hybridized carbons (Fsp3) is 0.500. The molecule has 0 amide bonds. The van der Waals surface area contributed by atoms with Gasteiger partial charge in [0.25, 0.3) is 0 Å². The van der Waals surface area contributed by atoms with Crippen LogP contribution in [0.1, 0.15) is 26.7 Å². The van der Waals surface area contributed by atoms with E-state index in [4.69, 9.17) is 16.3 Å². The third kappa shape index (κ3) is 2.61. The summed E-state index contributed by atoms with van der Waals surface area (Å²) in [6.07, 6.45) is 2.10. The Bertz CT molecular complexity index is 445. The zero-order valence-corrected chi connectivity index (χ0v) is 11.5. The van der Waals surface area contributed by atoms with Crippen molar-refractivity contribution >= 4 is 23.3 Å². The third-order valence-electron chi connectivity index (χ3n) is 3.36. The van der Waals surface area contributed by atoms with Crippen molar-refractivity contribution in [1.82, 2.24) is 0 Å². The summed E-state index contributed by atoms with van der Waals surface area (Å²) >= 11 is 6.12. The second-order valence-corrected chi connectivity index (χ2v) is 5.21. The average Bonchev–Trinajstić information content (AvgIpc) is 3.16. The fourth-order valence-electron chi connectivity index (χ4n) is 2.10. The predicted molar refractivity (Wildman–Crippen MR) is 72.8 cm³/mol. The molecule has 1 unspecified atom stereocenters. The van der Waals surface area contributed by atoms with E-state index in [2.05, 4.69) is 5.32 Å². The molecule has 0 bridgehead atoms. The second-order valence-electron chi connectivity index (χ2n) is 4.80. The zero-order valence-electron chi connectivity index (χ0n) is 10.7. The van der Waals surface area contributed by atoms with Gasteiger partial charge in [-0.15, -0.1) is 0 Å². The van der Waals surface area contributed by atoms with Crippen molar-refractivity contribution in [1.29, 1.82) is 0 Å². The smallest absolute Gasteiger partial charge is 0.331 e. The molecule has 1 fully saturated rings. The molecule has 4 heteroatoms. The number of rotatable bonds is 5. The molecule has 0 radical (unpaired) electrons. The molecule has 1 saturated carbocycles. The lowest BCUT2D eigenvalue weighted by Gasteiger charge is -2.30. The van der Waals surface area contributed by atoms with Crippen LogP contribution in [0.25, 0.3) is 0 Å². The van der Waals surface area contributed by atoms with Crippen LogP contribution in [0.2, 0.25) is 5.02 Å². The SMILES string of the molecule is CCOC(=O)C(C)(Nc1ccccc1Cl)C1CC1. The van der Waals surface area contributed by atoms with E-state index in [1.807, 2.05) is 38.1 Å². The number of carbonyl (C=O) groups is 1. The van der Waals surface area contributed by atoms with E-state index >= 15 is 0 Å². The first-order chi connectivity index (χ1) is 8.58. The van der Waals surface area contributed by atoms with Gasteiger partial charge in [0.05, 0.1) is 17.3 Å². The van der Waals surface area contributed by atoms with Crippen molar-refractivity contribution in [3.05, 3.63) is 29.3 Å². The number of halogens is 1. The Balaban J connectivity index is 2.21. The Labute approximate surface area is 112 Å². The van der Waals surface area contributed by atoms with Gasteiger partial charge in [-0.1, -0.05) is 23.7 Å². The van der Waals surface area contributed by atoms with Gasteiger partial charge in [0, 0.05) is 0 Å². The van der Waals surface area contributed by atoms with Gasteiger partial charge in [-0.25, -0.2) is 4.79 Å². The maximum absolute atomic E-state index is 12.1. The van der Waals surface area contributed by atoms with Gasteiger partial charge in [0.1, 0.15) is 5.54 Å². The molecule has 0 heterocycles. The van der Waals surface area contributed by atoms with Crippen LogP contribution in [0.4, 0.5) is 5.69 Å². The van der Waals surface area contributed by atoms with E-state index in [1.165, 1.54) is 0 Å². The van der Waals surface area contributed by atoms with E-state index in [1.54, 1.807) is 0 Å². The van der Waals surface area contributed by atoms with Gasteiger partial charge in [-0.3, -0.25) is 0 Å². The minimum absolute atomic E-state index is 0.201. The highest BCUT2D eigenvalue weighted by Crippen LogP contribution is 2.43. The molecule has 0 aliphatic heterocycles. The Morgan fingerprint density at radius 3 is 2.72 bits per heavy atom. The molecule has 1 aliphatic rings. The number of carbonyl (C=O) groups excluding carboxylic acids is 1. The number of para-hydroxylation sites is 1. The minimum Gasteiger partial charge on any atom is -0.464 e. The first-order valence-electron chi connectivity index (χ1n) is 6.28. The molecule has 98 valence electrons. The topological polar surface area (TPSA) is 38.3 Å². The van der Waals surface area contributed by atoms with Gasteiger partial charge >= 0.3 is 5.97 Å². The first kappa shape index (κ1) is 13.2. The number of ether oxygens (including phenoxy) is 1. The average molecular weight is 268 g/mol. The number of nitrogens with one attached hydrogen (secondary N) is 1. The van der Waals surface area contributed by atoms with E-state index < -0.39 is 5.54 Å². The summed E-state index contributed by atoms with van der Waals surface area (Å²) < 4.78 is 5.18. The van der Waals surface area contributed by atoms with E-state index in [0.29, 0.717) is 17.5 Å². The molecule has 2 rings (SSSR count). The first-order valence-corrected chi connectivity index (χ1v) is 6.65. The van der Waals surface area contributed by atoms with E-state index in [0.717, 1.165) is 18.5 Å². The van der Waals surface area contributed by atoms with Crippen LogP contribution >= 0.6 is 11.6 Å². The zero-order chi connectivity index (χ0) is 13.2. The van der Waals surface area contributed by atoms with E-state index in [9.17, 15) is 4.79 Å². The van der Waals surface area contributed by atoms with Crippen LogP contribution in [0.15, 0.2) is 24.3 Å². The van der Waals surface area contributed by atoms with Crippen LogP contribution in [0.3, 0.4) is 0 Å². The number of benzene rings is 1. The maximum atomic E-state index is 12.1. The summed E-state index contributed by atoms with van der Waals surface area (Å²) in [6.45, 7) is 4.11. The summed E-state index contributed by atoms with van der Waals surface area (Å²) in [4.78, 5) is 12.1. The molecular weight excluding hydrogens is 250 g/mol. The van der Waals surface area contributed by atoms with Gasteiger partial charge in [0.2, 0.25) is 0 Å². The molecule has 18 heavy (non-hydrogen) atoms. The number of anilines is 1. The molecule has 1 atom stereocenters. The number of hydrogen-bond donors (Lipinski definition) is 1. The number of esters is 1. The normalized spacial score (nSPS) is 17.9. The highest BCUT2D eigenvalue weighted by atomic mass is 35.5. The molecule has 1 N–H and O–H groups in total. The van der Waals surface area contributed by atoms with Crippen molar-refractivity contribution in [2.24, 2.45) is 5.92 Å². The maximum Gasteiger partial charge on any atom is 0.331 e. The summed E-state index contributed by atoms with van der Waals surface area (Å²) in [6, 6.07) is 7.45. The molecule has 1 aromatic carbocycles. The lowest BCUT2D eigenvalue weighted by Crippen LogP contribution is -2.47. The van der Waals surface area contributed by atoms with Crippen LogP contribution in [0, 0.1) is 5.92 Å². The Kier molecular flexibility index (Phi) is 3.81. The van der Waals surface area contributed by atoms with Gasteiger partial charge in [-0.2, -0.15) is 0 Å². The Morgan fingerprint density at radius 1 is 1.50 bits per heavy atom. The predicted octanol–water partition coefficient (Wildman–Crippen LogP) is 3.48. The molecular formula is C14H18ClNO2. The Hall–Kier alpha value is -1.22. The lowest BCUT2D eigenvalue weighted by atomic mass is 9.95. The second kappa shape index (κ2) is 5.19. The molecule has 1 aromatic rings. The summed E-state index contributed by atoms with van der Waals surface area (Å²) in [5.74, 6) is 0.125. The standard InChI is InChI=1S/C14H18ClNO2/c1-3-18-13(17)14(2,10-8-9-10)16-12-7-5-4-6-11(12)15/h4-7,10,16H,3,8-9H2,1-2H3. The van der Waals surface area contributed by atoms with Crippen LogP contribution in [-0.4, -0.2) is 18.1 Å². The van der Waals surface area contributed by atoms with Crippen molar-refractivity contribution in [2.75, 3.05) is 11.9 Å². The van der Waals surface area contributed by atoms with Gasteiger partial charge in [-0.05, 0) is 44.7 Å². The van der Waals surface area contributed by atoms with Crippen molar-refractivity contribution in [3.63, 3.8) is 0 Å². The lowest BCUT2D eigenvalue weighted by molar-refractivity contribution is -0.148. The van der Waals surface area contributed by atoms with Crippen molar-refractivity contribution in [3.8, 4) is 0 Å². The third-order valence-corrected chi connectivity index (χ3v) is 3.69. The summed E-state index contributed by atoms with van der Waals surface area (Å²) in [5, 5.41) is 3.88. The highest BCUT2D eigenvalue weighted by Gasteiger charge is 2.48. The minimum atomic E-state index is -0.680. The van der Waals surface area contributed by atoms with Gasteiger partial charge in [0.15, 0.2) is 0 Å². The summed E-state index contributed by atoms with van der Waals surface area (Å²) in [7, 11) is 0. The molecule has 1 aliphatic carbocycles. The van der Waals surface area contributed by atoms with Crippen LogP contribution in [-0.2, 0) is 9.53 Å². The van der Waals surface area contributed by atoms with Gasteiger partial charge < -0.3 is 10.1 Å². The molecule has 0 aromatic heterocycles. The van der Waals surface area contributed by atoms with Crippen LogP contribution < -0.4 is 5.32 Å². The number of hydrogen-bond acceptors (Lipinski definition) is 3.